The van der Waals surface area contributed by atoms with Gasteiger partial charge in [-0.15, -0.1) is 0 Å². The summed E-state index contributed by atoms with van der Waals surface area (Å²) in [6, 6.07) is 8.91. The first-order valence-electron chi connectivity index (χ1n) is 7.26. The Bertz CT molecular complexity index is 780. The van der Waals surface area contributed by atoms with Crippen molar-refractivity contribution in [2.45, 2.75) is 26.0 Å². The van der Waals surface area contributed by atoms with Crippen LogP contribution in [0.3, 0.4) is 0 Å². The van der Waals surface area contributed by atoms with Gasteiger partial charge in [0.25, 0.3) is 5.91 Å². The number of amides is 1. The molecule has 1 N–H and O–H groups in total. The number of hydrogen-bond donors (Lipinski definition) is 1. The summed E-state index contributed by atoms with van der Waals surface area (Å²) in [5.41, 5.74) is 2.56. The molecule has 0 bridgehead atoms. The lowest BCUT2D eigenvalue weighted by Crippen LogP contribution is -2.25. The zero-order valence-electron chi connectivity index (χ0n) is 12.6. The summed E-state index contributed by atoms with van der Waals surface area (Å²) in [7, 11) is 1.63. The summed E-state index contributed by atoms with van der Waals surface area (Å²) < 4.78 is 7.05. The highest BCUT2D eigenvalue weighted by atomic mass is 16.5. The minimum absolute atomic E-state index is 0.135. The molecule has 1 atom stereocenters. The standard InChI is InChI=1S/C17H18N2O3/c1-11-7-14-8-12(3-5-15(14)22-11)9-18-17(21)13-4-6-16(20)19(2)10-13/h3-6,8,10-11H,7,9H2,1-2H3,(H,18,21)/t11-/m0/s1. The topological polar surface area (TPSA) is 60.3 Å². The zero-order chi connectivity index (χ0) is 15.7. The quantitative estimate of drug-likeness (QED) is 0.937. The predicted molar refractivity (Wildman–Crippen MR) is 83.1 cm³/mol. The Kier molecular flexibility index (Phi) is 3.71. The van der Waals surface area contributed by atoms with Crippen molar-refractivity contribution in [3.8, 4) is 5.75 Å². The maximum absolute atomic E-state index is 12.1. The van der Waals surface area contributed by atoms with Gasteiger partial charge in [0.15, 0.2) is 0 Å². The molecule has 2 aromatic rings. The van der Waals surface area contributed by atoms with Crippen molar-refractivity contribution in [2.75, 3.05) is 0 Å². The van der Waals surface area contributed by atoms with Gasteiger partial charge in [0, 0.05) is 32.3 Å². The van der Waals surface area contributed by atoms with E-state index >= 15 is 0 Å². The van der Waals surface area contributed by atoms with Gasteiger partial charge >= 0.3 is 0 Å². The lowest BCUT2D eigenvalue weighted by atomic mass is 10.1. The van der Waals surface area contributed by atoms with E-state index in [9.17, 15) is 9.59 Å². The second-order valence-corrected chi connectivity index (χ2v) is 5.62. The Morgan fingerprint density at radius 1 is 1.36 bits per heavy atom. The lowest BCUT2D eigenvalue weighted by molar-refractivity contribution is 0.0950. The summed E-state index contributed by atoms with van der Waals surface area (Å²) in [5, 5.41) is 2.87. The molecular formula is C17H18N2O3. The Hall–Kier alpha value is -2.56. The first kappa shape index (κ1) is 14.4. The molecule has 0 fully saturated rings. The molecule has 1 aliphatic rings. The van der Waals surface area contributed by atoms with E-state index < -0.39 is 0 Å². The highest BCUT2D eigenvalue weighted by Gasteiger charge is 2.18. The number of nitrogens with one attached hydrogen (secondary N) is 1. The van der Waals surface area contributed by atoms with E-state index in [4.69, 9.17) is 4.74 Å². The fraction of sp³-hybridized carbons (Fsp3) is 0.294. The van der Waals surface area contributed by atoms with Crippen LogP contribution in [0.25, 0.3) is 0 Å². The van der Waals surface area contributed by atoms with Gasteiger partial charge in [-0.1, -0.05) is 12.1 Å². The fourth-order valence-corrected chi connectivity index (χ4v) is 2.60. The van der Waals surface area contributed by atoms with Crippen LogP contribution in [0.4, 0.5) is 0 Å². The average molecular weight is 298 g/mol. The maximum Gasteiger partial charge on any atom is 0.253 e. The molecule has 1 aliphatic heterocycles. The van der Waals surface area contributed by atoms with Gasteiger partial charge in [-0.3, -0.25) is 9.59 Å². The smallest absolute Gasteiger partial charge is 0.253 e. The molecule has 3 rings (SSSR count). The lowest BCUT2D eigenvalue weighted by Gasteiger charge is -2.08. The number of rotatable bonds is 3. The van der Waals surface area contributed by atoms with Gasteiger partial charge < -0.3 is 14.6 Å². The van der Waals surface area contributed by atoms with Crippen LogP contribution in [0.2, 0.25) is 0 Å². The van der Waals surface area contributed by atoms with Gasteiger partial charge in [0.2, 0.25) is 5.56 Å². The van der Waals surface area contributed by atoms with E-state index in [0.29, 0.717) is 12.1 Å². The summed E-state index contributed by atoms with van der Waals surface area (Å²) in [6.45, 7) is 2.49. The number of aromatic nitrogens is 1. The highest BCUT2D eigenvalue weighted by Crippen LogP contribution is 2.29. The molecule has 0 saturated carbocycles. The summed E-state index contributed by atoms with van der Waals surface area (Å²) >= 11 is 0. The van der Waals surface area contributed by atoms with Crippen LogP contribution in [-0.2, 0) is 20.0 Å². The number of benzene rings is 1. The van der Waals surface area contributed by atoms with Gasteiger partial charge in [-0.25, -0.2) is 0 Å². The van der Waals surface area contributed by atoms with E-state index in [1.807, 2.05) is 19.1 Å². The molecule has 0 spiro atoms. The number of aryl methyl sites for hydroxylation is 1. The molecular weight excluding hydrogens is 280 g/mol. The highest BCUT2D eigenvalue weighted by molar-refractivity contribution is 5.93. The molecule has 1 aromatic heterocycles. The first-order chi connectivity index (χ1) is 10.5. The van der Waals surface area contributed by atoms with E-state index in [1.54, 1.807) is 7.05 Å². The number of fused-ring (bicyclic) bond motifs is 1. The van der Waals surface area contributed by atoms with Crippen LogP contribution in [0.5, 0.6) is 5.75 Å². The van der Waals surface area contributed by atoms with Crippen molar-refractivity contribution < 1.29 is 9.53 Å². The zero-order valence-corrected chi connectivity index (χ0v) is 12.6. The minimum Gasteiger partial charge on any atom is -0.490 e. The molecule has 1 amide bonds. The van der Waals surface area contributed by atoms with E-state index in [0.717, 1.165) is 17.7 Å². The summed E-state index contributed by atoms with van der Waals surface area (Å²) in [5.74, 6) is 0.737. The number of carbonyl (C=O) groups is 1. The molecule has 2 heterocycles. The van der Waals surface area contributed by atoms with Crippen molar-refractivity contribution in [3.63, 3.8) is 0 Å². The molecule has 0 unspecified atom stereocenters. The Morgan fingerprint density at radius 2 is 2.18 bits per heavy atom. The maximum atomic E-state index is 12.1. The van der Waals surface area contributed by atoms with Crippen LogP contribution in [0.15, 0.2) is 41.3 Å². The monoisotopic (exact) mass is 298 g/mol. The van der Waals surface area contributed by atoms with Crippen LogP contribution in [0.1, 0.15) is 28.4 Å². The number of hydrogen-bond acceptors (Lipinski definition) is 3. The molecule has 0 saturated heterocycles. The molecule has 1 aromatic carbocycles. The number of ether oxygens (including phenoxy) is 1. The summed E-state index contributed by atoms with van der Waals surface area (Å²) in [4.78, 5) is 23.4. The summed E-state index contributed by atoms with van der Waals surface area (Å²) in [6.07, 6.45) is 2.65. The fourth-order valence-electron chi connectivity index (χ4n) is 2.60. The molecule has 5 nitrogen and oxygen atoms in total. The third kappa shape index (κ3) is 2.88. The van der Waals surface area contributed by atoms with Gasteiger partial charge in [0.1, 0.15) is 11.9 Å². The SMILES string of the molecule is C[C@H]1Cc2cc(CNC(=O)c3ccc(=O)n(C)c3)ccc2O1. The average Bonchev–Trinajstić information content (AvgIpc) is 2.86. The van der Waals surface area contributed by atoms with Crippen molar-refractivity contribution in [1.82, 2.24) is 9.88 Å². The van der Waals surface area contributed by atoms with E-state index in [-0.39, 0.29) is 17.6 Å². The molecule has 5 heteroatoms. The van der Waals surface area contributed by atoms with Gasteiger partial charge in [-0.2, -0.15) is 0 Å². The number of pyridine rings is 1. The normalized spacial score (nSPS) is 16.0. The van der Waals surface area contributed by atoms with Crippen LogP contribution in [0, 0.1) is 0 Å². The Balaban J connectivity index is 1.67. The van der Waals surface area contributed by atoms with Gasteiger partial charge in [0.05, 0.1) is 5.56 Å². The molecule has 22 heavy (non-hydrogen) atoms. The third-order valence-corrected chi connectivity index (χ3v) is 3.76. The second-order valence-electron chi connectivity index (χ2n) is 5.62. The second kappa shape index (κ2) is 5.67. The number of carbonyl (C=O) groups excluding carboxylic acids is 1. The van der Waals surface area contributed by atoms with Crippen LogP contribution < -0.4 is 15.6 Å². The Morgan fingerprint density at radius 3 is 2.95 bits per heavy atom. The van der Waals surface area contributed by atoms with Crippen molar-refractivity contribution in [1.29, 1.82) is 0 Å². The Labute approximate surface area is 128 Å². The molecule has 0 radical (unpaired) electrons. The molecule has 114 valence electrons. The number of nitrogens with zero attached hydrogens (tertiary/aromatic N) is 1. The van der Waals surface area contributed by atoms with Crippen molar-refractivity contribution in [3.05, 3.63) is 63.6 Å². The molecule has 0 aliphatic carbocycles. The third-order valence-electron chi connectivity index (χ3n) is 3.76. The largest absolute Gasteiger partial charge is 0.490 e. The van der Waals surface area contributed by atoms with E-state index in [2.05, 4.69) is 11.4 Å². The van der Waals surface area contributed by atoms with Crippen molar-refractivity contribution in [2.24, 2.45) is 7.05 Å². The minimum atomic E-state index is -0.194. The van der Waals surface area contributed by atoms with Crippen molar-refractivity contribution >= 4 is 5.91 Å². The first-order valence-corrected chi connectivity index (χ1v) is 7.26. The van der Waals surface area contributed by atoms with Gasteiger partial charge in [-0.05, 0) is 30.2 Å². The predicted octanol–water partition coefficient (Wildman–Crippen LogP) is 1.64. The van der Waals surface area contributed by atoms with E-state index in [1.165, 1.54) is 28.5 Å². The van der Waals surface area contributed by atoms with Crippen LogP contribution in [-0.4, -0.2) is 16.6 Å². The van der Waals surface area contributed by atoms with Crippen LogP contribution >= 0.6 is 0 Å².